The molecule has 10 nitrogen and oxygen atoms in total. The van der Waals surface area contributed by atoms with Gasteiger partial charge in [0.2, 0.25) is 0 Å². The summed E-state index contributed by atoms with van der Waals surface area (Å²) in [7, 11) is -4.29. The number of aromatic nitrogens is 1. The molecule has 0 aliphatic carbocycles. The normalized spacial score (nSPS) is 11.4. The second-order valence-corrected chi connectivity index (χ2v) is 11.6. The largest absolute Gasteiger partial charge is 0.480 e. The van der Waals surface area contributed by atoms with E-state index in [0.717, 1.165) is 9.87 Å². The van der Waals surface area contributed by atoms with E-state index in [4.69, 9.17) is 11.1 Å². The van der Waals surface area contributed by atoms with Gasteiger partial charge in [-0.05, 0) is 46.7 Å². The fourth-order valence-electron chi connectivity index (χ4n) is 4.33. The zero-order valence-corrected chi connectivity index (χ0v) is 22.5. The number of hydrogen-bond acceptors (Lipinski definition) is 7. The summed E-state index contributed by atoms with van der Waals surface area (Å²) in [5.41, 5.74) is 9.23. The highest BCUT2D eigenvalue weighted by atomic mass is 32.2. The fourth-order valence-corrected chi connectivity index (χ4v) is 6.66. The number of nitrogens with zero attached hydrogens (tertiary/aromatic N) is 2. The summed E-state index contributed by atoms with van der Waals surface area (Å²) >= 11 is 1.29. The highest BCUT2D eigenvalue weighted by Gasteiger charge is 2.30. The first-order chi connectivity index (χ1) is 19.1. The number of amides is 1. The second kappa shape index (κ2) is 10.8. The number of carboxylic acids is 1. The summed E-state index contributed by atoms with van der Waals surface area (Å²) in [6, 6.07) is 21.4. The maximum Gasteiger partial charge on any atom is 0.324 e. The van der Waals surface area contributed by atoms with Crippen molar-refractivity contribution in [2.75, 3.05) is 10.8 Å². The van der Waals surface area contributed by atoms with Crippen molar-refractivity contribution in [2.45, 2.75) is 11.4 Å². The van der Waals surface area contributed by atoms with Crippen molar-refractivity contribution < 1.29 is 23.1 Å². The zero-order valence-electron chi connectivity index (χ0n) is 20.9. The van der Waals surface area contributed by atoms with Gasteiger partial charge in [0.25, 0.3) is 15.9 Å². The van der Waals surface area contributed by atoms with Crippen LogP contribution in [-0.2, 0) is 21.4 Å². The van der Waals surface area contributed by atoms with Gasteiger partial charge in [-0.2, -0.15) is 0 Å². The molecule has 5 rings (SSSR count). The minimum atomic E-state index is -4.29. The Hall–Kier alpha value is -4.81. The van der Waals surface area contributed by atoms with Gasteiger partial charge >= 0.3 is 5.97 Å². The summed E-state index contributed by atoms with van der Waals surface area (Å²) in [6.45, 7) is -0.546. The molecule has 1 amide bonds. The van der Waals surface area contributed by atoms with E-state index in [0.29, 0.717) is 26.6 Å². The van der Waals surface area contributed by atoms with Gasteiger partial charge in [0, 0.05) is 17.7 Å². The van der Waals surface area contributed by atoms with Crippen LogP contribution in [0.15, 0.2) is 89.3 Å². The van der Waals surface area contributed by atoms with Gasteiger partial charge in [-0.1, -0.05) is 48.5 Å². The van der Waals surface area contributed by atoms with E-state index < -0.39 is 22.5 Å². The van der Waals surface area contributed by atoms with Crippen molar-refractivity contribution in [3.8, 4) is 0 Å². The summed E-state index contributed by atoms with van der Waals surface area (Å²) < 4.78 is 28.9. The topological polar surface area (TPSA) is 167 Å². The molecule has 1 heterocycles. The molecule has 0 radical (unpaired) electrons. The number of hydrogen-bond donors (Lipinski definition) is 4. The van der Waals surface area contributed by atoms with Crippen molar-refractivity contribution in [1.82, 2.24) is 10.3 Å². The molecule has 0 bridgehead atoms. The molecule has 5 aromatic rings. The monoisotopic (exact) mass is 573 g/mol. The molecule has 0 aliphatic rings. The lowest BCUT2D eigenvalue weighted by atomic mass is 10.0. The number of fused-ring (bicyclic) bond motifs is 2. The molecular formula is C28H23N5O5S2. The van der Waals surface area contributed by atoms with Crippen LogP contribution in [0.2, 0.25) is 0 Å². The Kier molecular flexibility index (Phi) is 7.20. The van der Waals surface area contributed by atoms with Crippen molar-refractivity contribution in [2.24, 2.45) is 5.73 Å². The maximum absolute atomic E-state index is 13.7. The van der Waals surface area contributed by atoms with E-state index in [1.54, 1.807) is 66.7 Å². The highest BCUT2D eigenvalue weighted by Crippen LogP contribution is 2.32. The maximum atomic E-state index is 13.7. The lowest BCUT2D eigenvalue weighted by Gasteiger charge is -2.23. The predicted octanol–water partition coefficient (Wildman–Crippen LogP) is 3.94. The van der Waals surface area contributed by atoms with Gasteiger partial charge in [0.1, 0.15) is 22.8 Å². The summed E-state index contributed by atoms with van der Waals surface area (Å²) in [5.74, 6) is -1.70. The molecule has 0 saturated carbocycles. The number of aliphatic carboxylic acids is 1. The lowest BCUT2D eigenvalue weighted by Crippen LogP contribution is -2.35. The van der Waals surface area contributed by atoms with Gasteiger partial charge in [0.05, 0.1) is 15.9 Å². The van der Waals surface area contributed by atoms with E-state index in [-0.39, 0.29) is 34.4 Å². The lowest BCUT2D eigenvalue weighted by molar-refractivity contribution is -0.135. The number of amidine groups is 1. The molecule has 4 aromatic carbocycles. The smallest absolute Gasteiger partial charge is 0.324 e. The van der Waals surface area contributed by atoms with E-state index in [1.165, 1.54) is 29.0 Å². The zero-order chi connectivity index (χ0) is 28.4. The highest BCUT2D eigenvalue weighted by molar-refractivity contribution is 7.93. The van der Waals surface area contributed by atoms with Crippen LogP contribution in [-0.4, -0.2) is 42.8 Å². The van der Waals surface area contributed by atoms with Gasteiger partial charge in [0.15, 0.2) is 0 Å². The number of sulfonamides is 1. The predicted molar refractivity (Wildman–Crippen MR) is 154 cm³/mol. The third-order valence-electron chi connectivity index (χ3n) is 6.28. The van der Waals surface area contributed by atoms with Crippen LogP contribution in [0.1, 0.15) is 21.5 Å². The summed E-state index contributed by atoms with van der Waals surface area (Å²) in [4.78, 5) is 28.9. The average molecular weight is 574 g/mol. The van der Waals surface area contributed by atoms with E-state index in [9.17, 15) is 23.1 Å². The number of para-hydroxylation sites is 1. The second-order valence-electron chi connectivity index (χ2n) is 8.86. The Morgan fingerprint density at radius 3 is 2.50 bits per heavy atom. The number of benzene rings is 4. The van der Waals surface area contributed by atoms with Crippen LogP contribution in [0, 0.1) is 5.41 Å². The van der Waals surface area contributed by atoms with E-state index in [1.807, 2.05) is 0 Å². The summed E-state index contributed by atoms with van der Waals surface area (Å²) in [6.07, 6.45) is 0. The number of thiazole rings is 1. The molecule has 0 aliphatic heterocycles. The van der Waals surface area contributed by atoms with Crippen LogP contribution in [0.5, 0.6) is 0 Å². The Balaban J connectivity index is 1.46. The molecule has 1 aromatic heterocycles. The first-order valence-corrected chi connectivity index (χ1v) is 14.3. The molecule has 0 atom stereocenters. The Labute approximate surface area is 233 Å². The molecule has 0 spiro atoms. The van der Waals surface area contributed by atoms with Gasteiger partial charge < -0.3 is 16.2 Å². The quantitative estimate of drug-likeness (QED) is 0.153. The fraction of sp³-hybridized carbons (Fsp3) is 0.0714. The van der Waals surface area contributed by atoms with Crippen LogP contribution in [0.4, 0.5) is 5.69 Å². The minimum absolute atomic E-state index is 0.0411. The van der Waals surface area contributed by atoms with Crippen molar-refractivity contribution in [3.63, 3.8) is 0 Å². The molecule has 5 N–H and O–H groups in total. The third-order valence-corrected chi connectivity index (χ3v) is 8.88. The molecule has 40 heavy (non-hydrogen) atoms. The Bertz CT molecular complexity index is 1880. The number of anilines is 1. The summed E-state index contributed by atoms with van der Waals surface area (Å²) in [5, 5.41) is 21.1. The number of carbonyl (C=O) groups is 2. The number of nitrogens with two attached hydrogens (primary N) is 1. The number of carbonyl (C=O) groups excluding carboxylic acids is 1. The molecule has 0 saturated heterocycles. The van der Waals surface area contributed by atoms with Gasteiger partial charge in [-0.25, -0.2) is 13.4 Å². The first-order valence-electron chi connectivity index (χ1n) is 12.0. The van der Waals surface area contributed by atoms with Gasteiger partial charge in [-0.3, -0.25) is 19.3 Å². The standard InChI is InChI=1S/C28H23N5O5S2/c29-27(30)18-9-7-17(8-10-18)14-31-28(36)22-4-1-3-19-13-20(11-12-21(19)22)33(15-25(34)35)40(37,38)24-6-2-5-23-26(24)32-16-39-23/h1-13,16H,14-15H2,(H3,29,30)(H,31,36)(H,34,35). The van der Waals surface area contributed by atoms with Crippen molar-refractivity contribution in [3.05, 3.63) is 101 Å². The number of carboxylic acid groups (broad SMARTS) is 1. The molecule has 12 heteroatoms. The molecule has 0 fully saturated rings. The third kappa shape index (κ3) is 5.22. The molecule has 0 unspecified atom stereocenters. The van der Waals surface area contributed by atoms with Crippen LogP contribution in [0.25, 0.3) is 21.0 Å². The van der Waals surface area contributed by atoms with Crippen molar-refractivity contribution >= 4 is 65.7 Å². The number of rotatable bonds is 9. The Morgan fingerprint density at radius 1 is 1.02 bits per heavy atom. The van der Waals surface area contributed by atoms with E-state index in [2.05, 4.69) is 10.3 Å². The molecule has 202 valence electrons. The van der Waals surface area contributed by atoms with E-state index >= 15 is 0 Å². The number of nitrogen functional groups attached to an aromatic ring is 1. The Morgan fingerprint density at radius 2 is 1.77 bits per heavy atom. The first kappa shape index (κ1) is 26.8. The van der Waals surface area contributed by atoms with Crippen LogP contribution < -0.4 is 15.4 Å². The van der Waals surface area contributed by atoms with Gasteiger partial charge in [-0.15, -0.1) is 11.3 Å². The molecular weight excluding hydrogens is 550 g/mol. The SMILES string of the molecule is N=C(N)c1ccc(CNC(=O)c2cccc3cc(N(CC(=O)O)S(=O)(=O)c4cccc5scnc45)ccc23)cc1. The average Bonchev–Trinajstić information content (AvgIpc) is 3.43. The van der Waals surface area contributed by atoms with Crippen LogP contribution in [0.3, 0.4) is 0 Å². The van der Waals surface area contributed by atoms with Crippen molar-refractivity contribution in [1.29, 1.82) is 5.41 Å². The van der Waals surface area contributed by atoms with Crippen LogP contribution >= 0.6 is 11.3 Å². The number of nitrogens with one attached hydrogen (secondary N) is 2. The minimum Gasteiger partial charge on any atom is -0.480 e.